The summed E-state index contributed by atoms with van der Waals surface area (Å²) in [5.41, 5.74) is 3.68. The molecule has 0 radical (unpaired) electrons. The Hall–Kier alpha value is -2.36. The molecule has 0 bridgehead atoms. The van der Waals surface area contributed by atoms with Crippen molar-refractivity contribution in [3.05, 3.63) is 63.1 Å². The van der Waals surface area contributed by atoms with Gasteiger partial charge in [0.25, 0.3) is 11.5 Å². The monoisotopic (exact) mass is 282 g/mol. The number of para-hydroxylation sites is 1. The third kappa shape index (κ3) is 2.75. The Kier molecular flexibility index (Phi) is 3.60. The van der Waals surface area contributed by atoms with E-state index in [1.165, 1.54) is 0 Å². The van der Waals surface area contributed by atoms with Gasteiger partial charge in [0.1, 0.15) is 5.56 Å². The molecule has 0 saturated carbocycles. The van der Waals surface area contributed by atoms with E-state index >= 15 is 0 Å². The minimum atomic E-state index is -0.348. The number of pyridine rings is 1. The van der Waals surface area contributed by atoms with E-state index in [-0.39, 0.29) is 17.0 Å². The summed E-state index contributed by atoms with van der Waals surface area (Å²) >= 11 is 0. The second kappa shape index (κ2) is 5.56. The fourth-order valence-electron chi connectivity index (χ4n) is 2.75. The lowest BCUT2D eigenvalue weighted by atomic mass is 9.95. The number of H-pyrrole nitrogens is 1. The van der Waals surface area contributed by atoms with Crippen LogP contribution in [0.25, 0.3) is 0 Å². The molecule has 4 nitrogen and oxygen atoms in total. The molecule has 0 saturated heterocycles. The molecule has 1 aromatic carbocycles. The first kappa shape index (κ1) is 13.6. The van der Waals surface area contributed by atoms with E-state index in [1.54, 1.807) is 6.07 Å². The van der Waals surface area contributed by atoms with Crippen molar-refractivity contribution in [2.75, 3.05) is 5.32 Å². The van der Waals surface area contributed by atoms with Gasteiger partial charge in [-0.05, 0) is 55.9 Å². The fourth-order valence-corrected chi connectivity index (χ4v) is 2.75. The van der Waals surface area contributed by atoms with E-state index in [0.717, 1.165) is 48.2 Å². The van der Waals surface area contributed by atoms with E-state index < -0.39 is 0 Å². The van der Waals surface area contributed by atoms with Gasteiger partial charge in [-0.3, -0.25) is 9.59 Å². The summed E-state index contributed by atoms with van der Waals surface area (Å²) in [6.45, 7) is 1.92. The third-order valence-electron chi connectivity index (χ3n) is 3.98. The van der Waals surface area contributed by atoms with Crippen LogP contribution in [0.3, 0.4) is 0 Å². The predicted molar refractivity (Wildman–Crippen MR) is 82.8 cm³/mol. The number of aryl methyl sites for hydroxylation is 3. The number of hydrogen-bond acceptors (Lipinski definition) is 2. The average molecular weight is 282 g/mol. The van der Waals surface area contributed by atoms with Crippen LogP contribution in [0.5, 0.6) is 0 Å². The Bertz CT molecular complexity index is 747. The molecule has 21 heavy (non-hydrogen) atoms. The maximum absolute atomic E-state index is 12.3. The molecule has 1 heterocycles. The molecule has 2 N–H and O–H groups in total. The number of rotatable bonds is 2. The zero-order chi connectivity index (χ0) is 14.8. The molecule has 1 aliphatic rings. The van der Waals surface area contributed by atoms with Crippen LogP contribution in [0, 0.1) is 6.92 Å². The van der Waals surface area contributed by atoms with Gasteiger partial charge in [0, 0.05) is 11.4 Å². The van der Waals surface area contributed by atoms with Crippen LogP contribution in [0.2, 0.25) is 0 Å². The molecule has 0 fully saturated rings. The maximum Gasteiger partial charge on any atom is 0.261 e. The Balaban J connectivity index is 1.91. The van der Waals surface area contributed by atoms with E-state index in [1.807, 2.05) is 31.2 Å². The first-order chi connectivity index (χ1) is 10.1. The van der Waals surface area contributed by atoms with Crippen molar-refractivity contribution >= 4 is 11.6 Å². The number of amides is 1. The summed E-state index contributed by atoms with van der Waals surface area (Å²) in [4.78, 5) is 27.3. The van der Waals surface area contributed by atoms with Crippen molar-refractivity contribution in [3.8, 4) is 0 Å². The molecule has 0 unspecified atom stereocenters. The third-order valence-corrected chi connectivity index (χ3v) is 3.98. The van der Waals surface area contributed by atoms with Crippen molar-refractivity contribution in [1.82, 2.24) is 4.98 Å². The number of aromatic amines is 1. The van der Waals surface area contributed by atoms with Crippen LogP contribution in [-0.4, -0.2) is 10.9 Å². The SMILES string of the molecule is Cc1ccccc1NC(=O)c1cc2c([nH]c1=O)CCCC2. The van der Waals surface area contributed by atoms with E-state index in [9.17, 15) is 9.59 Å². The van der Waals surface area contributed by atoms with Crippen molar-refractivity contribution in [1.29, 1.82) is 0 Å². The Labute approximate surface area is 123 Å². The highest BCUT2D eigenvalue weighted by molar-refractivity contribution is 6.04. The molecule has 0 spiro atoms. The van der Waals surface area contributed by atoms with Crippen LogP contribution >= 0.6 is 0 Å². The van der Waals surface area contributed by atoms with E-state index in [4.69, 9.17) is 0 Å². The molecule has 0 atom stereocenters. The van der Waals surface area contributed by atoms with Crippen LogP contribution in [0.15, 0.2) is 35.1 Å². The number of hydrogen-bond donors (Lipinski definition) is 2. The van der Waals surface area contributed by atoms with Crippen LogP contribution in [0.4, 0.5) is 5.69 Å². The van der Waals surface area contributed by atoms with Crippen molar-refractivity contribution in [3.63, 3.8) is 0 Å². The highest BCUT2D eigenvalue weighted by atomic mass is 16.2. The smallest absolute Gasteiger partial charge is 0.261 e. The molecule has 1 aromatic heterocycles. The van der Waals surface area contributed by atoms with Crippen LogP contribution in [0.1, 0.15) is 40.0 Å². The largest absolute Gasteiger partial charge is 0.325 e. The van der Waals surface area contributed by atoms with Crippen molar-refractivity contribution in [2.45, 2.75) is 32.6 Å². The number of anilines is 1. The number of benzene rings is 1. The topological polar surface area (TPSA) is 62.0 Å². The van der Waals surface area contributed by atoms with Crippen molar-refractivity contribution in [2.24, 2.45) is 0 Å². The molecule has 4 heteroatoms. The predicted octanol–water partition coefficient (Wildman–Crippen LogP) is 2.81. The van der Waals surface area contributed by atoms with Gasteiger partial charge in [-0.2, -0.15) is 0 Å². The normalized spacial score (nSPS) is 13.6. The van der Waals surface area contributed by atoms with Crippen molar-refractivity contribution < 1.29 is 4.79 Å². The second-order valence-corrected chi connectivity index (χ2v) is 5.49. The summed E-state index contributed by atoms with van der Waals surface area (Å²) in [5.74, 6) is -0.348. The standard InChI is InChI=1S/C17H18N2O2/c1-11-6-2-4-8-14(11)18-16(20)13-10-12-7-3-5-9-15(12)19-17(13)21/h2,4,6,8,10H,3,5,7,9H2,1H3,(H,18,20)(H,19,21). The van der Waals surface area contributed by atoms with E-state index in [2.05, 4.69) is 10.3 Å². The molecular weight excluding hydrogens is 264 g/mol. The van der Waals surface area contributed by atoms with E-state index in [0.29, 0.717) is 0 Å². The van der Waals surface area contributed by atoms with Gasteiger partial charge in [-0.1, -0.05) is 18.2 Å². The highest BCUT2D eigenvalue weighted by Gasteiger charge is 2.17. The summed E-state index contributed by atoms with van der Waals surface area (Å²) in [7, 11) is 0. The minimum Gasteiger partial charge on any atom is -0.325 e. The van der Waals surface area contributed by atoms with Crippen LogP contribution < -0.4 is 10.9 Å². The first-order valence-corrected chi connectivity index (χ1v) is 7.27. The summed E-state index contributed by atoms with van der Waals surface area (Å²) in [6, 6.07) is 9.28. The zero-order valence-corrected chi connectivity index (χ0v) is 12.0. The molecule has 3 rings (SSSR count). The number of fused-ring (bicyclic) bond motifs is 1. The first-order valence-electron chi connectivity index (χ1n) is 7.27. The lowest BCUT2D eigenvalue weighted by molar-refractivity contribution is 0.102. The molecule has 1 amide bonds. The zero-order valence-electron chi connectivity index (χ0n) is 12.0. The number of aromatic nitrogens is 1. The van der Waals surface area contributed by atoms with Gasteiger partial charge < -0.3 is 10.3 Å². The minimum absolute atomic E-state index is 0.193. The summed E-state index contributed by atoms with van der Waals surface area (Å²) < 4.78 is 0. The molecule has 1 aliphatic carbocycles. The summed E-state index contributed by atoms with van der Waals surface area (Å²) in [6.07, 6.45) is 4.02. The Morgan fingerprint density at radius 1 is 1.19 bits per heavy atom. The second-order valence-electron chi connectivity index (χ2n) is 5.49. The number of carbonyl (C=O) groups is 1. The average Bonchev–Trinajstić information content (AvgIpc) is 2.49. The Morgan fingerprint density at radius 3 is 2.76 bits per heavy atom. The van der Waals surface area contributed by atoms with Gasteiger partial charge >= 0.3 is 0 Å². The summed E-state index contributed by atoms with van der Waals surface area (Å²) in [5, 5.41) is 2.82. The molecule has 108 valence electrons. The van der Waals surface area contributed by atoms with Gasteiger partial charge in [0.05, 0.1) is 0 Å². The molecule has 2 aromatic rings. The van der Waals surface area contributed by atoms with Gasteiger partial charge in [0.2, 0.25) is 0 Å². The number of carbonyl (C=O) groups excluding carboxylic acids is 1. The van der Waals surface area contributed by atoms with Gasteiger partial charge in [0.15, 0.2) is 0 Å². The Morgan fingerprint density at radius 2 is 1.95 bits per heavy atom. The van der Waals surface area contributed by atoms with Crippen LogP contribution in [-0.2, 0) is 12.8 Å². The quantitative estimate of drug-likeness (QED) is 0.889. The molecule has 0 aliphatic heterocycles. The van der Waals surface area contributed by atoms with Gasteiger partial charge in [-0.15, -0.1) is 0 Å². The number of nitrogens with one attached hydrogen (secondary N) is 2. The highest BCUT2D eigenvalue weighted by Crippen LogP contribution is 2.19. The maximum atomic E-state index is 12.3. The molecular formula is C17H18N2O2. The fraction of sp³-hybridized carbons (Fsp3) is 0.294. The lowest BCUT2D eigenvalue weighted by Crippen LogP contribution is -2.26. The lowest BCUT2D eigenvalue weighted by Gasteiger charge is -2.16. The van der Waals surface area contributed by atoms with Gasteiger partial charge in [-0.25, -0.2) is 0 Å².